The van der Waals surface area contributed by atoms with Crippen LogP contribution in [0.15, 0.2) is 0 Å². The van der Waals surface area contributed by atoms with Crippen LogP contribution in [-0.2, 0) is 0 Å². The molecule has 5 rings (SSSR count). The van der Waals surface area contributed by atoms with Gasteiger partial charge in [-0.25, -0.2) is 0 Å². The minimum Gasteiger partial charge on any atom is -0.329 e. The zero-order chi connectivity index (χ0) is 12.8. The monoisotopic (exact) mass is 262 g/mol. The van der Waals surface area contributed by atoms with Crippen molar-refractivity contribution in [1.29, 1.82) is 0 Å². The lowest BCUT2D eigenvalue weighted by molar-refractivity contribution is -0.0720. The molecular formula is C17H30N2. The molecule has 2 nitrogen and oxygen atoms in total. The zero-order valence-corrected chi connectivity index (χ0v) is 12.3. The van der Waals surface area contributed by atoms with E-state index in [9.17, 15) is 0 Å². The van der Waals surface area contributed by atoms with E-state index in [4.69, 9.17) is 5.73 Å². The van der Waals surface area contributed by atoms with E-state index in [0.29, 0.717) is 0 Å². The summed E-state index contributed by atoms with van der Waals surface area (Å²) in [5, 5.41) is 0. The normalized spacial score (nSPS) is 46.9. The molecule has 0 aromatic carbocycles. The standard InChI is InChI=1S/C17H30N2/c18-3-6-19-4-1-14(2-5-19)17-15-8-12-7-13(10-15)11-16(17)9-12/h12-17H,1-11,18H2. The van der Waals surface area contributed by atoms with Gasteiger partial charge in [0.25, 0.3) is 0 Å². The van der Waals surface area contributed by atoms with Gasteiger partial charge in [0.05, 0.1) is 0 Å². The van der Waals surface area contributed by atoms with Gasteiger partial charge in [-0.05, 0) is 93.5 Å². The Kier molecular flexibility index (Phi) is 3.35. The maximum Gasteiger partial charge on any atom is 0.0105 e. The highest BCUT2D eigenvalue weighted by Gasteiger charge is 2.50. The summed E-state index contributed by atoms with van der Waals surface area (Å²) in [7, 11) is 0. The second-order valence-corrected chi connectivity index (χ2v) is 7.98. The third-order valence-electron chi connectivity index (χ3n) is 6.92. The number of likely N-dealkylation sites (tertiary alicyclic amines) is 1. The van der Waals surface area contributed by atoms with E-state index in [1.807, 2.05) is 0 Å². The van der Waals surface area contributed by atoms with E-state index in [1.54, 1.807) is 32.1 Å². The SMILES string of the molecule is NCCN1CCC(C2C3CC4CC(C3)CC2C4)CC1. The Morgan fingerprint density at radius 2 is 1.37 bits per heavy atom. The summed E-state index contributed by atoms with van der Waals surface area (Å²) < 4.78 is 0. The molecule has 0 aromatic rings. The Morgan fingerprint density at radius 1 is 0.789 bits per heavy atom. The third kappa shape index (κ3) is 2.25. The Morgan fingerprint density at radius 3 is 1.89 bits per heavy atom. The first-order chi connectivity index (χ1) is 9.33. The number of hydrogen-bond donors (Lipinski definition) is 1. The number of hydrogen-bond acceptors (Lipinski definition) is 2. The second-order valence-electron chi connectivity index (χ2n) is 7.98. The highest BCUT2D eigenvalue weighted by Crippen LogP contribution is 2.59. The van der Waals surface area contributed by atoms with Crippen molar-refractivity contribution in [3.05, 3.63) is 0 Å². The van der Waals surface area contributed by atoms with Gasteiger partial charge < -0.3 is 10.6 Å². The highest BCUT2D eigenvalue weighted by molar-refractivity contribution is 5.00. The van der Waals surface area contributed by atoms with Crippen LogP contribution in [-0.4, -0.2) is 31.1 Å². The summed E-state index contributed by atoms with van der Waals surface area (Å²) in [6, 6.07) is 0. The van der Waals surface area contributed by atoms with E-state index in [2.05, 4.69) is 4.90 Å². The fraction of sp³-hybridized carbons (Fsp3) is 1.00. The Balaban J connectivity index is 1.40. The van der Waals surface area contributed by atoms with E-state index in [0.717, 1.165) is 48.6 Å². The summed E-state index contributed by atoms with van der Waals surface area (Å²) in [6.45, 7) is 4.60. The minimum absolute atomic E-state index is 0.836. The fourth-order valence-electron chi connectivity index (χ4n) is 6.48. The van der Waals surface area contributed by atoms with Crippen LogP contribution in [0.2, 0.25) is 0 Å². The number of piperidine rings is 1. The average molecular weight is 262 g/mol. The van der Waals surface area contributed by atoms with Crippen LogP contribution in [0.25, 0.3) is 0 Å². The van der Waals surface area contributed by atoms with Crippen LogP contribution < -0.4 is 5.73 Å². The van der Waals surface area contributed by atoms with Crippen LogP contribution in [0, 0.1) is 35.5 Å². The molecule has 0 atom stereocenters. The molecule has 1 heterocycles. The van der Waals surface area contributed by atoms with E-state index in [-0.39, 0.29) is 0 Å². The van der Waals surface area contributed by atoms with Crippen LogP contribution in [0.5, 0.6) is 0 Å². The Bertz CT molecular complexity index is 291. The van der Waals surface area contributed by atoms with Crippen LogP contribution in [0.3, 0.4) is 0 Å². The Hall–Kier alpha value is -0.0800. The van der Waals surface area contributed by atoms with Gasteiger partial charge in [-0.15, -0.1) is 0 Å². The van der Waals surface area contributed by atoms with Gasteiger partial charge >= 0.3 is 0 Å². The Labute approximate surface area is 118 Å². The maximum atomic E-state index is 5.69. The van der Waals surface area contributed by atoms with Gasteiger partial charge in [0.2, 0.25) is 0 Å². The van der Waals surface area contributed by atoms with Crippen molar-refractivity contribution in [2.24, 2.45) is 41.2 Å². The molecule has 4 saturated carbocycles. The van der Waals surface area contributed by atoms with Crippen molar-refractivity contribution in [3.63, 3.8) is 0 Å². The topological polar surface area (TPSA) is 29.3 Å². The lowest BCUT2D eigenvalue weighted by atomic mass is 9.49. The molecule has 0 amide bonds. The fourth-order valence-corrected chi connectivity index (χ4v) is 6.48. The molecule has 1 aliphatic heterocycles. The van der Waals surface area contributed by atoms with Crippen molar-refractivity contribution in [2.75, 3.05) is 26.2 Å². The predicted molar refractivity (Wildman–Crippen MR) is 78.8 cm³/mol. The number of rotatable bonds is 3. The molecule has 0 spiro atoms. The molecule has 0 unspecified atom stereocenters. The van der Waals surface area contributed by atoms with Crippen LogP contribution in [0.4, 0.5) is 0 Å². The molecule has 108 valence electrons. The van der Waals surface area contributed by atoms with Crippen molar-refractivity contribution < 1.29 is 0 Å². The van der Waals surface area contributed by atoms with E-state index >= 15 is 0 Å². The molecule has 5 fully saturated rings. The second kappa shape index (κ2) is 5.04. The van der Waals surface area contributed by atoms with Crippen LogP contribution in [0.1, 0.15) is 44.9 Å². The third-order valence-corrected chi connectivity index (χ3v) is 6.92. The van der Waals surface area contributed by atoms with Crippen LogP contribution >= 0.6 is 0 Å². The zero-order valence-electron chi connectivity index (χ0n) is 12.3. The number of nitrogens with zero attached hydrogens (tertiary/aromatic N) is 1. The molecule has 2 heteroatoms. The predicted octanol–water partition coefficient (Wildman–Crippen LogP) is 2.73. The van der Waals surface area contributed by atoms with Crippen molar-refractivity contribution in [2.45, 2.75) is 44.9 Å². The lowest BCUT2D eigenvalue weighted by Gasteiger charge is -2.57. The summed E-state index contributed by atoms with van der Waals surface area (Å²) in [4.78, 5) is 2.59. The maximum absolute atomic E-state index is 5.69. The van der Waals surface area contributed by atoms with Gasteiger partial charge in [-0.2, -0.15) is 0 Å². The van der Waals surface area contributed by atoms with E-state index < -0.39 is 0 Å². The molecule has 4 bridgehead atoms. The highest BCUT2D eigenvalue weighted by atomic mass is 15.1. The molecule has 0 radical (unpaired) electrons. The molecule has 19 heavy (non-hydrogen) atoms. The van der Waals surface area contributed by atoms with Gasteiger partial charge in [-0.1, -0.05) is 0 Å². The minimum atomic E-state index is 0.836. The summed E-state index contributed by atoms with van der Waals surface area (Å²) in [6.07, 6.45) is 10.9. The van der Waals surface area contributed by atoms with Gasteiger partial charge in [0, 0.05) is 13.1 Å². The first kappa shape index (κ1) is 12.6. The molecule has 2 N–H and O–H groups in total. The van der Waals surface area contributed by atoms with Crippen molar-refractivity contribution >= 4 is 0 Å². The van der Waals surface area contributed by atoms with Crippen molar-refractivity contribution in [1.82, 2.24) is 4.90 Å². The first-order valence-corrected chi connectivity index (χ1v) is 8.76. The smallest absolute Gasteiger partial charge is 0.0105 e. The van der Waals surface area contributed by atoms with Crippen molar-refractivity contribution in [3.8, 4) is 0 Å². The van der Waals surface area contributed by atoms with E-state index in [1.165, 1.54) is 25.9 Å². The average Bonchev–Trinajstić information content (AvgIpc) is 2.40. The number of nitrogens with two attached hydrogens (primary N) is 1. The largest absolute Gasteiger partial charge is 0.329 e. The summed E-state index contributed by atoms with van der Waals surface area (Å²) in [5.74, 6) is 6.70. The molecule has 4 aliphatic carbocycles. The van der Waals surface area contributed by atoms with Gasteiger partial charge in [0.15, 0.2) is 0 Å². The molecule has 5 aliphatic rings. The van der Waals surface area contributed by atoms with Gasteiger partial charge in [-0.3, -0.25) is 0 Å². The molecule has 0 aromatic heterocycles. The van der Waals surface area contributed by atoms with Gasteiger partial charge in [0.1, 0.15) is 0 Å². The molecular weight excluding hydrogens is 232 g/mol. The first-order valence-electron chi connectivity index (χ1n) is 8.76. The summed E-state index contributed by atoms with van der Waals surface area (Å²) >= 11 is 0. The lowest BCUT2D eigenvalue weighted by Crippen LogP contribution is -2.50. The summed E-state index contributed by atoms with van der Waals surface area (Å²) in [5.41, 5.74) is 5.69. The molecule has 1 saturated heterocycles. The quantitative estimate of drug-likeness (QED) is 0.847.